The van der Waals surface area contributed by atoms with Gasteiger partial charge in [0.25, 0.3) is 0 Å². The molecule has 0 radical (unpaired) electrons. The lowest BCUT2D eigenvalue weighted by molar-refractivity contribution is 0.890. The van der Waals surface area contributed by atoms with E-state index in [1.54, 1.807) is 0 Å². The number of nitrogens with two attached hydrogens (primary N) is 1. The number of aromatic nitrogens is 1. The molecule has 0 bridgehead atoms. The maximum absolute atomic E-state index is 6.20. The fourth-order valence-corrected chi connectivity index (χ4v) is 2.85. The monoisotopic (exact) mass is 255 g/mol. The third kappa shape index (κ3) is 2.37. The maximum Gasteiger partial charge on any atom is 0.0727 e. The Hall–Kier alpha value is -1.77. The third-order valence-electron chi connectivity index (χ3n) is 3.85. The van der Waals surface area contributed by atoms with Crippen molar-refractivity contribution < 1.29 is 0 Å². The molecule has 0 saturated carbocycles. The van der Waals surface area contributed by atoms with Crippen molar-refractivity contribution in [2.45, 2.75) is 32.6 Å². The second-order valence-corrected chi connectivity index (χ2v) is 5.35. The van der Waals surface area contributed by atoms with Crippen LogP contribution in [0.15, 0.2) is 24.3 Å². The molecule has 19 heavy (non-hydrogen) atoms. The largest absolute Gasteiger partial charge is 0.398 e. The number of rotatable bonds is 3. The molecule has 1 aliphatic rings. The van der Waals surface area contributed by atoms with Crippen molar-refractivity contribution in [3.8, 4) is 0 Å². The molecule has 3 nitrogen and oxygen atoms in total. The highest BCUT2D eigenvalue weighted by Gasteiger charge is 2.13. The Morgan fingerprint density at radius 3 is 2.74 bits per heavy atom. The van der Waals surface area contributed by atoms with Gasteiger partial charge in [-0.25, -0.2) is 0 Å². The van der Waals surface area contributed by atoms with Crippen LogP contribution < -0.4 is 10.6 Å². The van der Waals surface area contributed by atoms with Crippen LogP contribution in [-0.4, -0.2) is 18.1 Å². The number of anilines is 2. The molecule has 2 N–H and O–H groups in total. The van der Waals surface area contributed by atoms with Crippen LogP contribution >= 0.6 is 0 Å². The van der Waals surface area contributed by atoms with E-state index < -0.39 is 0 Å². The van der Waals surface area contributed by atoms with Crippen molar-refractivity contribution in [2.24, 2.45) is 0 Å². The highest BCUT2D eigenvalue weighted by molar-refractivity contribution is 5.92. The van der Waals surface area contributed by atoms with Gasteiger partial charge in [-0.15, -0.1) is 0 Å². The van der Waals surface area contributed by atoms with E-state index in [0.717, 1.165) is 48.2 Å². The Bertz CT molecular complexity index is 586. The van der Waals surface area contributed by atoms with E-state index in [9.17, 15) is 0 Å². The second kappa shape index (κ2) is 5.08. The molecular formula is C16H21N3. The molecule has 1 saturated heterocycles. The number of nitrogen functional groups attached to an aromatic ring is 1. The molecule has 0 atom stereocenters. The molecule has 1 aromatic carbocycles. The summed E-state index contributed by atoms with van der Waals surface area (Å²) in [5.41, 5.74) is 10.5. The molecule has 2 heterocycles. The number of nitrogens with zero attached hydrogens (tertiary/aromatic N) is 2. The van der Waals surface area contributed by atoms with Crippen LogP contribution in [0.4, 0.5) is 11.4 Å². The van der Waals surface area contributed by atoms with E-state index in [0.29, 0.717) is 0 Å². The van der Waals surface area contributed by atoms with Gasteiger partial charge in [0, 0.05) is 35.5 Å². The van der Waals surface area contributed by atoms with Crippen molar-refractivity contribution >= 4 is 22.3 Å². The summed E-state index contributed by atoms with van der Waals surface area (Å²) < 4.78 is 0. The fraction of sp³-hybridized carbons (Fsp3) is 0.438. The summed E-state index contributed by atoms with van der Waals surface area (Å²) in [5.74, 6) is 0. The first-order chi connectivity index (χ1) is 9.28. The van der Waals surface area contributed by atoms with Crippen molar-refractivity contribution in [1.29, 1.82) is 0 Å². The summed E-state index contributed by atoms with van der Waals surface area (Å²) in [7, 11) is 0. The Morgan fingerprint density at radius 1 is 1.21 bits per heavy atom. The summed E-state index contributed by atoms with van der Waals surface area (Å²) in [4.78, 5) is 7.12. The first-order valence-corrected chi connectivity index (χ1v) is 7.22. The number of pyridine rings is 1. The summed E-state index contributed by atoms with van der Waals surface area (Å²) >= 11 is 0. The van der Waals surface area contributed by atoms with Crippen LogP contribution in [0.1, 0.15) is 31.9 Å². The number of fused-ring (bicyclic) bond motifs is 1. The Morgan fingerprint density at radius 2 is 2.00 bits per heavy atom. The van der Waals surface area contributed by atoms with E-state index in [1.807, 2.05) is 6.07 Å². The van der Waals surface area contributed by atoms with Gasteiger partial charge in [0.2, 0.25) is 0 Å². The Kier molecular flexibility index (Phi) is 3.28. The lowest BCUT2D eigenvalue weighted by Crippen LogP contribution is -2.17. The molecule has 0 amide bonds. The van der Waals surface area contributed by atoms with Crippen LogP contribution in [0, 0.1) is 0 Å². The highest BCUT2D eigenvalue weighted by Crippen LogP contribution is 2.28. The predicted molar refractivity (Wildman–Crippen MR) is 81.6 cm³/mol. The lowest BCUT2D eigenvalue weighted by atomic mass is 10.1. The molecular weight excluding hydrogens is 234 g/mol. The molecule has 1 aliphatic heterocycles. The highest BCUT2D eigenvalue weighted by atomic mass is 15.1. The van der Waals surface area contributed by atoms with Gasteiger partial charge < -0.3 is 10.6 Å². The fourth-order valence-electron chi connectivity index (χ4n) is 2.85. The molecule has 100 valence electrons. The average molecular weight is 255 g/mol. The maximum atomic E-state index is 6.20. The van der Waals surface area contributed by atoms with Crippen molar-refractivity contribution in [3.05, 3.63) is 30.0 Å². The van der Waals surface area contributed by atoms with Gasteiger partial charge in [0.05, 0.1) is 5.52 Å². The summed E-state index contributed by atoms with van der Waals surface area (Å²) in [6.07, 6.45) is 4.68. The zero-order chi connectivity index (χ0) is 13.2. The molecule has 1 fully saturated rings. The van der Waals surface area contributed by atoms with Crippen LogP contribution in [0.5, 0.6) is 0 Å². The SMILES string of the molecule is CCCc1cc(N)c2cc(N3CCCC3)ccc2n1. The number of hydrogen-bond donors (Lipinski definition) is 1. The van der Waals surface area contributed by atoms with Crippen molar-refractivity contribution in [3.63, 3.8) is 0 Å². The van der Waals surface area contributed by atoms with Gasteiger partial charge in [0.1, 0.15) is 0 Å². The molecule has 3 heteroatoms. The Balaban J connectivity index is 2.02. The molecule has 0 spiro atoms. The standard InChI is InChI=1S/C16H21N3/c1-2-5-12-10-15(17)14-11-13(6-7-16(14)18-12)19-8-3-4-9-19/h6-7,10-11H,2-5,8-9H2,1H3,(H2,17,18). The first-order valence-electron chi connectivity index (χ1n) is 7.22. The minimum atomic E-state index is 0.856. The number of hydrogen-bond acceptors (Lipinski definition) is 3. The minimum Gasteiger partial charge on any atom is -0.398 e. The van der Waals surface area contributed by atoms with Crippen LogP contribution in [-0.2, 0) is 6.42 Å². The molecule has 3 rings (SSSR count). The number of aryl methyl sites for hydroxylation is 1. The Labute approximate surface area is 114 Å². The van der Waals surface area contributed by atoms with Gasteiger partial charge in [-0.05, 0) is 43.5 Å². The van der Waals surface area contributed by atoms with Crippen LogP contribution in [0.25, 0.3) is 10.9 Å². The first kappa shape index (κ1) is 12.3. The zero-order valence-electron chi connectivity index (χ0n) is 11.5. The van der Waals surface area contributed by atoms with Gasteiger partial charge in [-0.2, -0.15) is 0 Å². The summed E-state index contributed by atoms with van der Waals surface area (Å²) in [6, 6.07) is 8.51. The van der Waals surface area contributed by atoms with Gasteiger partial charge in [0.15, 0.2) is 0 Å². The second-order valence-electron chi connectivity index (χ2n) is 5.35. The normalized spacial score (nSPS) is 15.3. The number of benzene rings is 1. The van der Waals surface area contributed by atoms with E-state index in [-0.39, 0.29) is 0 Å². The summed E-state index contributed by atoms with van der Waals surface area (Å²) in [5, 5.41) is 1.09. The van der Waals surface area contributed by atoms with E-state index >= 15 is 0 Å². The topological polar surface area (TPSA) is 42.1 Å². The van der Waals surface area contributed by atoms with Crippen LogP contribution in [0.2, 0.25) is 0 Å². The van der Waals surface area contributed by atoms with Gasteiger partial charge in [-0.3, -0.25) is 4.98 Å². The third-order valence-corrected chi connectivity index (χ3v) is 3.85. The molecule has 1 aromatic heterocycles. The van der Waals surface area contributed by atoms with Crippen LogP contribution in [0.3, 0.4) is 0 Å². The average Bonchev–Trinajstić information content (AvgIpc) is 2.93. The van der Waals surface area contributed by atoms with E-state index in [2.05, 4.69) is 30.0 Å². The van der Waals surface area contributed by atoms with E-state index in [4.69, 9.17) is 10.7 Å². The van der Waals surface area contributed by atoms with Crippen molar-refractivity contribution in [1.82, 2.24) is 4.98 Å². The predicted octanol–water partition coefficient (Wildman–Crippen LogP) is 3.37. The molecule has 0 aliphatic carbocycles. The van der Waals surface area contributed by atoms with Gasteiger partial charge >= 0.3 is 0 Å². The van der Waals surface area contributed by atoms with Gasteiger partial charge in [-0.1, -0.05) is 13.3 Å². The zero-order valence-corrected chi connectivity index (χ0v) is 11.5. The van der Waals surface area contributed by atoms with E-state index in [1.165, 1.54) is 18.5 Å². The quantitative estimate of drug-likeness (QED) is 0.914. The van der Waals surface area contributed by atoms with Crippen molar-refractivity contribution in [2.75, 3.05) is 23.7 Å². The molecule has 2 aromatic rings. The summed E-state index contributed by atoms with van der Waals surface area (Å²) in [6.45, 7) is 4.48. The molecule has 0 unspecified atom stereocenters. The smallest absolute Gasteiger partial charge is 0.0727 e. The minimum absolute atomic E-state index is 0.856. The lowest BCUT2D eigenvalue weighted by Gasteiger charge is -2.18.